The number of aromatic nitrogens is 2. The van der Waals surface area contributed by atoms with Crippen molar-refractivity contribution in [2.45, 2.75) is 32.9 Å². The van der Waals surface area contributed by atoms with Gasteiger partial charge in [-0.3, -0.25) is 4.68 Å². The molecule has 0 saturated carbocycles. The zero-order chi connectivity index (χ0) is 18.5. The molecular formula is C21H30IN5O. The van der Waals surface area contributed by atoms with E-state index in [1.54, 1.807) is 0 Å². The zero-order valence-corrected chi connectivity index (χ0v) is 18.8. The van der Waals surface area contributed by atoms with Crippen LogP contribution in [-0.4, -0.2) is 53.5 Å². The lowest BCUT2D eigenvalue weighted by molar-refractivity contribution is 0.156. The third-order valence-corrected chi connectivity index (χ3v) is 5.67. The molecule has 4 rings (SSSR count). The van der Waals surface area contributed by atoms with Crippen LogP contribution >= 0.6 is 24.0 Å². The van der Waals surface area contributed by atoms with Crippen molar-refractivity contribution in [1.82, 2.24) is 20.0 Å². The fraction of sp³-hybridized carbons (Fsp3) is 0.524. The summed E-state index contributed by atoms with van der Waals surface area (Å²) in [6, 6.07) is 10.5. The Labute approximate surface area is 184 Å². The van der Waals surface area contributed by atoms with Crippen LogP contribution in [-0.2, 0) is 17.8 Å². The second-order valence-corrected chi connectivity index (χ2v) is 7.62. The molecule has 0 bridgehead atoms. The molecule has 2 aromatic rings. The second-order valence-electron chi connectivity index (χ2n) is 7.62. The number of hydrogen-bond acceptors (Lipinski definition) is 3. The van der Waals surface area contributed by atoms with Gasteiger partial charge < -0.3 is 15.0 Å². The highest BCUT2D eigenvalue weighted by Crippen LogP contribution is 2.38. The molecule has 1 unspecified atom stereocenters. The van der Waals surface area contributed by atoms with Crippen LogP contribution < -0.4 is 5.32 Å². The third kappa shape index (κ3) is 4.86. The van der Waals surface area contributed by atoms with Crippen molar-refractivity contribution in [2.24, 2.45) is 10.4 Å². The Bertz CT molecular complexity index is 771. The SMILES string of the molecule is CCNC(=NCc1ccccc1Cn1cccn1)N1CCC2(CCOC2)C1.I. The van der Waals surface area contributed by atoms with E-state index in [0.29, 0.717) is 12.0 Å². The van der Waals surface area contributed by atoms with E-state index in [2.05, 4.69) is 46.5 Å². The number of benzene rings is 1. The normalized spacial score (nSPS) is 21.9. The van der Waals surface area contributed by atoms with Crippen LogP contribution in [0.15, 0.2) is 47.7 Å². The van der Waals surface area contributed by atoms with Crippen molar-refractivity contribution >= 4 is 29.9 Å². The Morgan fingerprint density at radius 3 is 2.82 bits per heavy atom. The summed E-state index contributed by atoms with van der Waals surface area (Å²) < 4.78 is 7.63. The van der Waals surface area contributed by atoms with Gasteiger partial charge in [0.2, 0.25) is 0 Å². The van der Waals surface area contributed by atoms with Crippen LogP contribution in [0.4, 0.5) is 0 Å². The number of rotatable bonds is 5. The Kier molecular flexibility index (Phi) is 7.34. The molecule has 0 radical (unpaired) electrons. The molecule has 2 aliphatic heterocycles. The van der Waals surface area contributed by atoms with E-state index in [9.17, 15) is 0 Å². The van der Waals surface area contributed by atoms with E-state index in [1.165, 1.54) is 24.0 Å². The van der Waals surface area contributed by atoms with Crippen molar-refractivity contribution in [3.8, 4) is 0 Å². The van der Waals surface area contributed by atoms with Gasteiger partial charge in [0.05, 0.1) is 19.7 Å². The van der Waals surface area contributed by atoms with Crippen LogP contribution in [0.5, 0.6) is 0 Å². The summed E-state index contributed by atoms with van der Waals surface area (Å²) in [5.74, 6) is 1.02. The molecule has 2 fully saturated rings. The van der Waals surface area contributed by atoms with Gasteiger partial charge >= 0.3 is 0 Å². The van der Waals surface area contributed by atoms with Crippen molar-refractivity contribution in [3.63, 3.8) is 0 Å². The first-order chi connectivity index (χ1) is 13.3. The Balaban J connectivity index is 0.00000225. The highest BCUT2D eigenvalue weighted by Gasteiger charge is 2.42. The van der Waals surface area contributed by atoms with E-state index >= 15 is 0 Å². The van der Waals surface area contributed by atoms with Gasteiger partial charge in [-0.15, -0.1) is 24.0 Å². The standard InChI is InChI=1S/C21H29N5O.HI/c1-2-22-20(25-12-8-21(16-25)9-13-27-17-21)23-14-18-6-3-4-7-19(18)15-26-11-5-10-24-26;/h3-7,10-11H,2,8-9,12-17H2,1H3,(H,22,23);1H. The third-order valence-electron chi connectivity index (χ3n) is 5.67. The van der Waals surface area contributed by atoms with Crippen molar-refractivity contribution in [1.29, 1.82) is 0 Å². The smallest absolute Gasteiger partial charge is 0.194 e. The number of hydrogen-bond donors (Lipinski definition) is 1. The van der Waals surface area contributed by atoms with Gasteiger partial charge in [-0.05, 0) is 37.0 Å². The largest absolute Gasteiger partial charge is 0.381 e. The van der Waals surface area contributed by atoms with Gasteiger partial charge in [0.25, 0.3) is 0 Å². The van der Waals surface area contributed by atoms with Crippen LogP contribution in [0.3, 0.4) is 0 Å². The molecule has 1 N–H and O–H groups in total. The van der Waals surface area contributed by atoms with E-state index < -0.39 is 0 Å². The molecule has 2 aliphatic rings. The summed E-state index contributed by atoms with van der Waals surface area (Å²) in [7, 11) is 0. The lowest BCUT2D eigenvalue weighted by Gasteiger charge is -2.25. The average Bonchev–Trinajstić information content (AvgIpc) is 3.44. The van der Waals surface area contributed by atoms with Crippen molar-refractivity contribution in [2.75, 3.05) is 32.8 Å². The van der Waals surface area contributed by atoms with E-state index in [1.807, 2.05) is 23.1 Å². The molecule has 2 saturated heterocycles. The first kappa shape index (κ1) is 21.1. The van der Waals surface area contributed by atoms with Crippen molar-refractivity contribution < 1.29 is 4.74 Å². The molecule has 0 aliphatic carbocycles. The lowest BCUT2D eigenvalue weighted by Crippen LogP contribution is -2.41. The summed E-state index contributed by atoms with van der Waals surface area (Å²) in [4.78, 5) is 7.38. The molecule has 1 aromatic carbocycles. The van der Waals surface area contributed by atoms with Crippen molar-refractivity contribution in [3.05, 3.63) is 53.9 Å². The van der Waals surface area contributed by atoms with Gasteiger partial charge in [-0.2, -0.15) is 5.10 Å². The van der Waals surface area contributed by atoms with E-state index in [0.717, 1.165) is 45.4 Å². The van der Waals surface area contributed by atoms with Crippen LogP contribution in [0, 0.1) is 5.41 Å². The molecule has 1 atom stereocenters. The fourth-order valence-corrected chi connectivity index (χ4v) is 4.11. The Hall–Kier alpha value is -1.61. The lowest BCUT2D eigenvalue weighted by atomic mass is 9.87. The number of aliphatic imine (C=N–C) groups is 1. The minimum absolute atomic E-state index is 0. The molecule has 1 spiro atoms. The summed E-state index contributed by atoms with van der Waals surface area (Å²) in [6.45, 7) is 8.38. The number of guanidine groups is 1. The first-order valence-electron chi connectivity index (χ1n) is 9.93. The Morgan fingerprint density at radius 1 is 1.25 bits per heavy atom. The quantitative estimate of drug-likeness (QED) is 0.394. The van der Waals surface area contributed by atoms with E-state index in [-0.39, 0.29) is 24.0 Å². The maximum Gasteiger partial charge on any atom is 0.194 e. The average molecular weight is 495 g/mol. The Morgan fingerprint density at radius 2 is 2.11 bits per heavy atom. The topological polar surface area (TPSA) is 54.7 Å². The molecule has 3 heterocycles. The molecule has 1 aromatic heterocycles. The number of nitrogens with zero attached hydrogens (tertiary/aromatic N) is 4. The van der Waals surface area contributed by atoms with Crippen LogP contribution in [0.25, 0.3) is 0 Å². The van der Waals surface area contributed by atoms with Gasteiger partial charge in [0.15, 0.2) is 5.96 Å². The number of ether oxygens (including phenoxy) is 1. The van der Waals surface area contributed by atoms with Crippen LogP contribution in [0.2, 0.25) is 0 Å². The minimum atomic E-state index is 0. The van der Waals surface area contributed by atoms with Gasteiger partial charge in [0, 0.05) is 44.0 Å². The van der Waals surface area contributed by atoms with Gasteiger partial charge in [-0.1, -0.05) is 24.3 Å². The van der Waals surface area contributed by atoms with E-state index in [4.69, 9.17) is 9.73 Å². The molecule has 0 amide bonds. The first-order valence-corrected chi connectivity index (χ1v) is 9.93. The molecular weight excluding hydrogens is 465 g/mol. The summed E-state index contributed by atoms with van der Waals surface area (Å²) in [5, 5.41) is 7.81. The molecule has 152 valence electrons. The predicted molar refractivity (Wildman–Crippen MR) is 122 cm³/mol. The highest BCUT2D eigenvalue weighted by atomic mass is 127. The summed E-state index contributed by atoms with van der Waals surface area (Å²) in [5.41, 5.74) is 2.86. The van der Waals surface area contributed by atoms with Gasteiger partial charge in [0.1, 0.15) is 0 Å². The minimum Gasteiger partial charge on any atom is -0.381 e. The fourth-order valence-electron chi connectivity index (χ4n) is 4.11. The van der Waals surface area contributed by atoms with Crippen LogP contribution in [0.1, 0.15) is 30.9 Å². The second kappa shape index (κ2) is 9.73. The maximum absolute atomic E-state index is 5.67. The number of halogens is 1. The predicted octanol–water partition coefficient (Wildman–Crippen LogP) is 3.13. The number of likely N-dealkylation sites (tertiary alicyclic amines) is 1. The van der Waals surface area contributed by atoms with Gasteiger partial charge in [-0.25, -0.2) is 4.99 Å². The number of nitrogens with one attached hydrogen (secondary N) is 1. The maximum atomic E-state index is 5.67. The molecule has 28 heavy (non-hydrogen) atoms. The summed E-state index contributed by atoms with van der Waals surface area (Å²) in [6.07, 6.45) is 6.19. The highest BCUT2D eigenvalue weighted by molar-refractivity contribution is 14.0. The monoisotopic (exact) mass is 495 g/mol. The molecule has 6 nitrogen and oxygen atoms in total. The summed E-state index contributed by atoms with van der Waals surface area (Å²) >= 11 is 0. The zero-order valence-electron chi connectivity index (χ0n) is 16.5. The molecule has 7 heteroatoms.